The molecule has 36 heavy (non-hydrogen) atoms. The number of ether oxygens (including phenoxy) is 2. The highest BCUT2D eigenvalue weighted by Crippen LogP contribution is 2.30. The molecule has 12 nitrogen and oxygen atoms in total. The van der Waals surface area contributed by atoms with Crippen LogP contribution >= 0.6 is 11.5 Å². The number of non-ortho nitro benzene ring substituents is 1. The number of nitro groups is 1. The first-order chi connectivity index (χ1) is 17.1. The topological polar surface area (TPSA) is 174 Å². The van der Waals surface area contributed by atoms with Crippen molar-refractivity contribution in [3.05, 3.63) is 69.3 Å². The maximum atomic E-state index is 12.5. The smallest absolute Gasteiger partial charge is 0.269 e. The van der Waals surface area contributed by atoms with E-state index in [9.17, 15) is 28.6 Å². The van der Waals surface area contributed by atoms with Crippen molar-refractivity contribution in [1.82, 2.24) is 9.36 Å². The second kappa shape index (κ2) is 11.4. The van der Waals surface area contributed by atoms with Crippen LogP contribution in [0.4, 0.5) is 10.8 Å². The van der Waals surface area contributed by atoms with Crippen LogP contribution in [0.5, 0.6) is 11.5 Å². The fourth-order valence-corrected chi connectivity index (χ4v) is 4.21. The summed E-state index contributed by atoms with van der Waals surface area (Å²) in [7, 11) is -3.63. The lowest BCUT2D eigenvalue weighted by Crippen LogP contribution is -2.13. The third-order valence-corrected chi connectivity index (χ3v) is 6.04. The Hall–Kier alpha value is -4.35. The Kier molecular flexibility index (Phi) is 8.30. The molecule has 1 aromatic heterocycles. The van der Waals surface area contributed by atoms with Crippen molar-refractivity contribution in [2.24, 2.45) is 0 Å². The van der Waals surface area contributed by atoms with Crippen LogP contribution in [-0.4, -0.2) is 41.5 Å². The van der Waals surface area contributed by atoms with E-state index in [-0.39, 0.29) is 23.0 Å². The van der Waals surface area contributed by atoms with Crippen LogP contribution in [0.25, 0.3) is 6.08 Å². The van der Waals surface area contributed by atoms with Gasteiger partial charge in [0.05, 0.1) is 11.5 Å². The van der Waals surface area contributed by atoms with Crippen molar-refractivity contribution >= 4 is 44.2 Å². The van der Waals surface area contributed by atoms with Gasteiger partial charge in [0.15, 0.2) is 11.5 Å². The van der Waals surface area contributed by atoms with Gasteiger partial charge in [-0.3, -0.25) is 20.2 Å². The molecule has 0 aliphatic carbocycles. The summed E-state index contributed by atoms with van der Waals surface area (Å²) in [5.41, 5.74) is 0.908. The number of sulfone groups is 1. The molecule has 3 rings (SSSR count). The number of nitrogens with one attached hydrogen (secondary N) is 1. The average molecular weight is 530 g/mol. The molecule has 2 aromatic carbocycles. The van der Waals surface area contributed by atoms with Gasteiger partial charge >= 0.3 is 0 Å². The highest BCUT2D eigenvalue weighted by molar-refractivity contribution is 7.90. The number of carbonyl (C=O) groups excluding carboxylic acids is 1. The van der Waals surface area contributed by atoms with E-state index in [1.54, 1.807) is 43.3 Å². The normalized spacial score (nSPS) is 11.4. The summed E-state index contributed by atoms with van der Waals surface area (Å²) >= 11 is 0.677. The van der Waals surface area contributed by atoms with E-state index >= 15 is 0 Å². The van der Waals surface area contributed by atoms with Crippen molar-refractivity contribution < 1.29 is 27.6 Å². The third kappa shape index (κ3) is 6.84. The standard InChI is InChI=1S/C22H19N5O7S2/c1-3-33-19-11-15(6-9-18(19)34-13-14-4-7-17(8-5-14)27(29)30)10-16(12-23)20(28)24-21-25-22(26-35-21)36(2,31)32/h4-11H,3,13H2,1-2H3,(H,24,25,26,28). The Balaban J connectivity index is 1.76. The van der Waals surface area contributed by atoms with Gasteiger partial charge in [0.25, 0.3) is 16.8 Å². The predicted octanol–water partition coefficient (Wildman–Crippen LogP) is 3.37. The summed E-state index contributed by atoms with van der Waals surface area (Å²) in [4.78, 5) is 26.5. The van der Waals surface area contributed by atoms with E-state index in [2.05, 4.69) is 14.7 Å². The summed E-state index contributed by atoms with van der Waals surface area (Å²) in [6, 6.07) is 12.6. The molecule has 0 atom stereocenters. The Bertz CT molecular complexity index is 1460. The van der Waals surface area contributed by atoms with Crippen molar-refractivity contribution in [3.8, 4) is 17.6 Å². The molecule has 0 aliphatic heterocycles. The molecule has 0 spiro atoms. The SMILES string of the molecule is CCOc1cc(C=C(C#N)C(=O)Nc2nc(S(C)(=O)=O)ns2)ccc1OCc1ccc([N+](=O)[O-])cc1. The molecule has 1 N–H and O–H groups in total. The zero-order chi connectivity index (χ0) is 26.3. The minimum absolute atomic E-state index is 0.0239. The number of amides is 1. The number of nitrogens with zero attached hydrogens (tertiary/aromatic N) is 4. The van der Waals surface area contributed by atoms with E-state index in [1.165, 1.54) is 18.2 Å². The Labute approximate surface area is 210 Å². The number of nitro benzene ring substituents is 1. The molecule has 0 bridgehead atoms. The largest absolute Gasteiger partial charge is 0.490 e. The quantitative estimate of drug-likeness (QED) is 0.177. The molecule has 0 saturated carbocycles. The molecule has 14 heteroatoms. The zero-order valence-corrected chi connectivity index (χ0v) is 20.6. The Morgan fingerprint density at radius 2 is 1.94 bits per heavy atom. The molecule has 3 aromatic rings. The van der Waals surface area contributed by atoms with Crippen LogP contribution in [0.3, 0.4) is 0 Å². The molecule has 0 aliphatic rings. The molecule has 1 heterocycles. The first-order valence-electron chi connectivity index (χ1n) is 10.2. The Morgan fingerprint density at radius 3 is 2.53 bits per heavy atom. The van der Waals surface area contributed by atoms with Gasteiger partial charge < -0.3 is 9.47 Å². The van der Waals surface area contributed by atoms with E-state index < -0.39 is 25.8 Å². The van der Waals surface area contributed by atoms with Crippen molar-refractivity contribution in [2.45, 2.75) is 18.7 Å². The maximum absolute atomic E-state index is 12.5. The minimum Gasteiger partial charge on any atom is -0.490 e. The van der Waals surface area contributed by atoms with Gasteiger partial charge in [0, 0.05) is 29.9 Å². The summed E-state index contributed by atoms with van der Waals surface area (Å²) in [6.45, 7) is 2.24. The van der Waals surface area contributed by atoms with Gasteiger partial charge in [0.2, 0.25) is 15.0 Å². The second-order valence-corrected chi connectivity index (χ2v) is 9.79. The van der Waals surface area contributed by atoms with E-state index in [0.717, 1.165) is 6.26 Å². The van der Waals surface area contributed by atoms with Gasteiger partial charge in [-0.25, -0.2) is 8.42 Å². The number of aromatic nitrogens is 2. The van der Waals surface area contributed by atoms with E-state index in [0.29, 0.717) is 40.8 Å². The van der Waals surface area contributed by atoms with E-state index in [4.69, 9.17) is 9.47 Å². The van der Waals surface area contributed by atoms with Crippen LogP contribution in [0, 0.1) is 21.4 Å². The lowest BCUT2D eigenvalue weighted by molar-refractivity contribution is -0.384. The van der Waals surface area contributed by atoms with Gasteiger partial charge in [-0.15, -0.1) is 0 Å². The van der Waals surface area contributed by atoms with Gasteiger partial charge in [-0.2, -0.15) is 14.6 Å². The molecule has 0 unspecified atom stereocenters. The van der Waals surface area contributed by atoms with Crippen molar-refractivity contribution in [1.29, 1.82) is 5.26 Å². The molecule has 1 amide bonds. The summed E-state index contributed by atoms with van der Waals surface area (Å²) < 4.78 is 38.1. The van der Waals surface area contributed by atoms with Crippen LogP contribution < -0.4 is 14.8 Å². The van der Waals surface area contributed by atoms with Gasteiger partial charge in [-0.1, -0.05) is 6.07 Å². The summed E-state index contributed by atoms with van der Waals surface area (Å²) in [6.07, 6.45) is 2.27. The van der Waals surface area contributed by atoms with Crippen LogP contribution in [0.15, 0.2) is 53.2 Å². The first-order valence-corrected chi connectivity index (χ1v) is 12.9. The van der Waals surface area contributed by atoms with Crippen molar-refractivity contribution in [2.75, 3.05) is 18.2 Å². The number of anilines is 1. The highest BCUT2D eigenvalue weighted by Gasteiger charge is 2.18. The number of rotatable bonds is 10. The highest BCUT2D eigenvalue weighted by atomic mass is 32.2. The maximum Gasteiger partial charge on any atom is 0.269 e. The average Bonchev–Trinajstić information content (AvgIpc) is 3.31. The zero-order valence-electron chi connectivity index (χ0n) is 19.0. The summed E-state index contributed by atoms with van der Waals surface area (Å²) in [5.74, 6) is -0.0181. The number of carbonyl (C=O) groups is 1. The number of benzene rings is 2. The molecule has 0 radical (unpaired) electrons. The minimum atomic E-state index is -3.63. The van der Waals surface area contributed by atoms with Gasteiger partial charge in [-0.05, 0) is 48.4 Å². The molecule has 186 valence electrons. The lowest BCUT2D eigenvalue weighted by Gasteiger charge is -2.13. The van der Waals surface area contributed by atoms with Gasteiger partial charge in [0.1, 0.15) is 18.2 Å². The third-order valence-electron chi connectivity index (χ3n) is 4.44. The molecule has 0 fully saturated rings. The fourth-order valence-electron chi connectivity index (χ4n) is 2.77. The molecular weight excluding hydrogens is 510 g/mol. The number of nitriles is 1. The second-order valence-electron chi connectivity index (χ2n) is 7.13. The van der Waals surface area contributed by atoms with Crippen LogP contribution in [0.2, 0.25) is 0 Å². The van der Waals surface area contributed by atoms with Crippen molar-refractivity contribution in [3.63, 3.8) is 0 Å². The first kappa shape index (κ1) is 26.3. The van der Waals surface area contributed by atoms with Crippen LogP contribution in [-0.2, 0) is 21.2 Å². The molecular formula is C22H19N5O7S2. The monoisotopic (exact) mass is 529 g/mol. The summed E-state index contributed by atoms with van der Waals surface area (Å²) in [5, 5.41) is 22.1. The fraction of sp³-hybridized carbons (Fsp3) is 0.182. The number of hydrogen-bond donors (Lipinski definition) is 1. The molecule has 0 saturated heterocycles. The Morgan fingerprint density at radius 1 is 1.22 bits per heavy atom. The predicted molar refractivity (Wildman–Crippen MR) is 130 cm³/mol. The number of hydrogen-bond acceptors (Lipinski definition) is 11. The van der Waals surface area contributed by atoms with Crippen LogP contribution in [0.1, 0.15) is 18.1 Å². The van der Waals surface area contributed by atoms with E-state index in [1.807, 2.05) is 0 Å². The lowest BCUT2D eigenvalue weighted by atomic mass is 10.1.